The van der Waals surface area contributed by atoms with Gasteiger partial charge in [0.15, 0.2) is 15.6 Å². The van der Waals surface area contributed by atoms with Gasteiger partial charge in [0.25, 0.3) is 0 Å². The van der Waals surface area contributed by atoms with Crippen LogP contribution in [0.1, 0.15) is 33.6 Å². The lowest BCUT2D eigenvalue weighted by atomic mass is 9.98. The number of pyridine rings is 1. The van der Waals surface area contributed by atoms with Crippen LogP contribution in [-0.4, -0.2) is 48.4 Å². The van der Waals surface area contributed by atoms with Crippen LogP contribution in [0.25, 0.3) is 6.08 Å². The van der Waals surface area contributed by atoms with Crippen LogP contribution < -0.4 is 9.47 Å². The summed E-state index contributed by atoms with van der Waals surface area (Å²) in [5, 5.41) is 0. The summed E-state index contributed by atoms with van der Waals surface area (Å²) in [6.07, 6.45) is 3.90. The highest BCUT2D eigenvalue weighted by atomic mass is 32.2. The Morgan fingerprint density at radius 3 is 2.90 bits per heavy atom. The van der Waals surface area contributed by atoms with E-state index in [4.69, 9.17) is 9.47 Å². The van der Waals surface area contributed by atoms with Gasteiger partial charge >= 0.3 is 0 Å². The number of carbonyl (C=O) groups is 1. The van der Waals surface area contributed by atoms with Gasteiger partial charge in [0.1, 0.15) is 18.2 Å². The molecule has 150 valence electrons. The lowest BCUT2D eigenvalue weighted by Crippen LogP contribution is -2.41. The maximum absolute atomic E-state index is 13.0. The second-order valence-corrected chi connectivity index (χ2v) is 9.87. The van der Waals surface area contributed by atoms with E-state index in [1.165, 1.54) is 0 Å². The number of aromatic nitrogens is 1. The predicted molar refractivity (Wildman–Crippen MR) is 106 cm³/mol. The molecule has 0 saturated carbocycles. The van der Waals surface area contributed by atoms with Crippen LogP contribution in [-0.2, 0) is 16.4 Å². The third kappa shape index (κ3) is 3.22. The highest BCUT2D eigenvalue weighted by molar-refractivity contribution is 7.91. The fourth-order valence-corrected chi connectivity index (χ4v) is 5.90. The Kier molecular flexibility index (Phi) is 4.22. The summed E-state index contributed by atoms with van der Waals surface area (Å²) in [6, 6.07) is 7.25. The lowest BCUT2D eigenvalue weighted by Gasteiger charge is -2.33. The zero-order valence-electron chi connectivity index (χ0n) is 15.9. The summed E-state index contributed by atoms with van der Waals surface area (Å²) in [6.45, 7) is 2.68. The van der Waals surface area contributed by atoms with Crippen LogP contribution in [0.5, 0.6) is 11.5 Å². The van der Waals surface area contributed by atoms with Crippen molar-refractivity contribution in [3.63, 3.8) is 0 Å². The van der Waals surface area contributed by atoms with Crippen LogP contribution in [0, 0.1) is 6.92 Å². The number of ether oxygens (including phenoxy) is 2. The Labute approximate surface area is 168 Å². The third-order valence-electron chi connectivity index (χ3n) is 5.64. The van der Waals surface area contributed by atoms with Gasteiger partial charge in [-0.1, -0.05) is 6.07 Å². The highest BCUT2D eigenvalue weighted by Crippen LogP contribution is 2.44. The summed E-state index contributed by atoms with van der Waals surface area (Å²) < 4.78 is 35.7. The zero-order chi connectivity index (χ0) is 20.2. The summed E-state index contributed by atoms with van der Waals surface area (Å²) in [5.41, 5.74) is 2.77. The van der Waals surface area contributed by atoms with Gasteiger partial charge in [-0.3, -0.25) is 14.7 Å². The monoisotopic (exact) mass is 412 g/mol. The molecule has 1 atom stereocenters. The molecule has 0 aliphatic carbocycles. The Morgan fingerprint density at radius 1 is 1.31 bits per heavy atom. The quantitative estimate of drug-likeness (QED) is 0.700. The molecule has 8 heteroatoms. The number of hydrogen-bond donors (Lipinski definition) is 0. The first-order chi connectivity index (χ1) is 13.9. The smallest absolute Gasteiger partial charge is 0.232 e. The van der Waals surface area contributed by atoms with E-state index in [0.29, 0.717) is 42.5 Å². The molecule has 3 aliphatic heterocycles. The minimum absolute atomic E-state index is 0.0780. The van der Waals surface area contributed by atoms with Crippen LogP contribution in [0.15, 0.2) is 36.2 Å². The first-order valence-electron chi connectivity index (χ1n) is 9.50. The predicted octanol–water partition coefficient (Wildman–Crippen LogP) is 2.35. The van der Waals surface area contributed by atoms with E-state index in [0.717, 1.165) is 11.1 Å². The molecule has 4 heterocycles. The van der Waals surface area contributed by atoms with Crippen molar-refractivity contribution in [2.45, 2.75) is 25.9 Å². The van der Waals surface area contributed by atoms with Crippen molar-refractivity contribution < 1.29 is 22.7 Å². The number of ketones is 1. The van der Waals surface area contributed by atoms with Gasteiger partial charge in [-0.05, 0) is 37.1 Å². The number of sulfone groups is 1. The van der Waals surface area contributed by atoms with E-state index in [9.17, 15) is 13.2 Å². The van der Waals surface area contributed by atoms with Crippen LogP contribution in [0.3, 0.4) is 0 Å². The molecule has 7 nitrogen and oxygen atoms in total. The molecule has 0 bridgehead atoms. The molecular weight excluding hydrogens is 392 g/mol. The van der Waals surface area contributed by atoms with Gasteiger partial charge in [0.2, 0.25) is 5.78 Å². The van der Waals surface area contributed by atoms with Gasteiger partial charge in [-0.15, -0.1) is 0 Å². The third-order valence-corrected chi connectivity index (χ3v) is 7.39. The van der Waals surface area contributed by atoms with Crippen molar-refractivity contribution in [3.8, 4) is 11.5 Å². The summed E-state index contributed by atoms with van der Waals surface area (Å²) in [4.78, 5) is 19.2. The van der Waals surface area contributed by atoms with Crippen molar-refractivity contribution in [2.75, 3.05) is 18.2 Å². The van der Waals surface area contributed by atoms with Gasteiger partial charge in [-0.25, -0.2) is 8.42 Å². The molecule has 5 rings (SSSR count). The molecule has 0 radical (unpaired) electrons. The molecule has 3 aliphatic rings. The first kappa shape index (κ1) is 18.3. The fourth-order valence-electron chi connectivity index (χ4n) is 4.14. The van der Waals surface area contributed by atoms with Crippen molar-refractivity contribution in [3.05, 3.63) is 58.6 Å². The Balaban J connectivity index is 1.50. The van der Waals surface area contributed by atoms with E-state index < -0.39 is 9.84 Å². The molecule has 0 amide bonds. The number of Topliss-reactive ketones (excluding diaryl/α,β-unsaturated/α-hetero) is 1. The topological polar surface area (TPSA) is 85.8 Å². The largest absolute Gasteiger partial charge is 0.478 e. The number of benzene rings is 1. The molecule has 1 aromatic carbocycles. The molecule has 1 aromatic heterocycles. The number of allylic oxidation sites excluding steroid dienone is 1. The molecule has 1 unspecified atom stereocenters. The van der Waals surface area contributed by atoms with Crippen molar-refractivity contribution in [1.82, 2.24) is 9.88 Å². The molecule has 0 N–H and O–H groups in total. The average molecular weight is 412 g/mol. The standard InChI is InChI=1S/C21H20N2O5S/c1-13-8-17-16(10-23(12-27-17)15-5-7-29(25,26)11-15)21-19(13)20(24)18(28-21)9-14-4-2-3-6-22-14/h2-4,6,8-9,15H,5,7,10-12H2,1H3/b18-9-. The lowest BCUT2D eigenvalue weighted by molar-refractivity contribution is 0.0633. The summed E-state index contributed by atoms with van der Waals surface area (Å²) in [5.74, 6) is 1.61. The number of nitrogens with zero attached hydrogens (tertiary/aromatic N) is 2. The van der Waals surface area contributed by atoms with E-state index in [1.807, 2.05) is 30.0 Å². The summed E-state index contributed by atoms with van der Waals surface area (Å²) >= 11 is 0. The number of aryl methyl sites for hydroxylation is 1. The molecular formula is C21H20N2O5S. The Bertz CT molecular complexity index is 1140. The number of carbonyl (C=O) groups excluding carboxylic acids is 1. The van der Waals surface area contributed by atoms with E-state index in [2.05, 4.69) is 4.98 Å². The zero-order valence-corrected chi connectivity index (χ0v) is 16.7. The highest BCUT2D eigenvalue weighted by Gasteiger charge is 2.39. The maximum atomic E-state index is 13.0. The molecule has 1 saturated heterocycles. The first-order valence-corrected chi connectivity index (χ1v) is 11.3. The molecule has 1 fully saturated rings. The van der Waals surface area contributed by atoms with E-state index >= 15 is 0 Å². The van der Waals surface area contributed by atoms with Crippen molar-refractivity contribution in [1.29, 1.82) is 0 Å². The Morgan fingerprint density at radius 2 is 2.17 bits per heavy atom. The minimum atomic E-state index is -2.99. The molecule has 0 spiro atoms. The van der Waals surface area contributed by atoms with Crippen molar-refractivity contribution in [2.24, 2.45) is 0 Å². The Hall–Kier alpha value is -2.71. The van der Waals surface area contributed by atoms with E-state index in [1.54, 1.807) is 18.3 Å². The van der Waals surface area contributed by atoms with Gasteiger partial charge < -0.3 is 9.47 Å². The van der Waals surface area contributed by atoms with Crippen LogP contribution in [0.4, 0.5) is 0 Å². The normalized spacial score (nSPS) is 24.1. The van der Waals surface area contributed by atoms with Crippen LogP contribution >= 0.6 is 0 Å². The number of hydrogen-bond acceptors (Lipinski definition) is 7. The van der Waals surface area contributed by atoms with E-state index in [-0.39, 0.29) is 29.1 Å². The van der Waals surface area contributed by atoms with Gasteiger partial charge in [0, 0.05) is 24.9 Å². The summed E-state index contributed by atoms with van der Waals surface area (Å²) in [7, 11) is -2.99. The van der Waals surface area contributed by atoms with Crippen molar-refractivity contribution >= 4 is 21.7 Å². The number of fused-ring (bicyclic) bond motifs is 3. The second-order valence-electron chi connectivity index (χ2n) is 7.65. The van der Waals surface area contributed by atoms with Gasteiger partial charge in [0.05, 0.1) is 28.3 Å². The molecule has 2 aromatic rings. The molecule has 29 heavy (non-hydrogen) atoms. The fraction of sp³-hybridized carbons (Fsp3) is 0.333. The minimum Gasteiger partial charge on any atom is -0.478 e. The van der Waals surface area contributed by atoms with Gasteiger partial charge in [-0.2, -0.15) is 0 Å². The maximum Gasteiger partial charge on any atom is 0.232 e. The number of rotatable bonds is 2. The average Bonchev–Trinajstić information content (AvgIpc) is 3.23. The second kappa shape index (κ2) is 6.67. The van der Waals surface area contributed by atoms with Crippen LogP contribution in [0.2, 0.25) is 0 Å². The SMILES string of the molecule is Cc1cc2c(c3c1C(=O)/C(=C/c1ccccn1)O3)CN(C1CCS(=O)(=O)C1)CO2.